The summed E-state index contributed by atoms with van der Waals surface area (Å²) < 4.78 is 0. The van der Waals surface area contributed by atoms with Gasteiger partial charge in [0.15, 0.2) is 0 Å². The molecular formula is C26H41N5O6. The second kappa shape index (κ2) is 15.6. The number of rotatable bonds is 16. The molecule has 0 spiro atoms. The largest absolute Gasteiger partial charge is 0.480 e. The number of carboxylic acids is 1. The summed E-state index contributed by atoms with van der Waals surface area (Å²) in [6, 6.07) is 4.57. The van der Waals surface area contributed by atoms with Gasteiger partial charge in [0, 0.05) is 12.8 Å². The normalized spacial score (nSPS) is 15.1. The lowest BCUT2D eigenvalue weighted by Gasteiger charge is -2.26. The van der Waals surface area contributed by atoms with Crippen LogP contribution in [0.15, 0.2) is 30.3 Å². The van der Waals surface area contributed by atoms with Crippen LogP contribution >= 0.6 is 0 Å². The SMILES string of the molecule is CCC(C)C(NC(=O)C(Cc1ccccc1)NC(=O)C(CCC(N)=O)NC(=O)C(N)CC(C)C)C(=O)O. The third-order valence-electron chi connectivity index (χ3n) is 6.07. The summed E-state index contributed by atoms with van der Waals surface area (Å²) in [6.45, 7) is 7.33. The Morgan fingerprint density at radius 1 is 0.892 bits per heavy atom. The molecular weight excluding hydrogens is 478 g/mol. The Balaban J connectivity index is 3.16. The third kappa shape index (κ3) is 11.4. The van der Waals surface area contributed by atoms with Gasteiger partial charge in [-0.2, -0.15) is 0 Å². The molecule has 0 heterocycles. The Kier molecular flexibility index (Phi) is 13.3. The summed E-state index contributed by atoms with van der Waals surface area (Å²) in [6.07, 6.45) is 0.717. The number of nitrogens with one attached hydrogen (secondary N) is 3. The Morgan fingerprint density at radius 2 is 1.46 bits per heavy atom. The first-order chi connectivity index (χ1) is 17.3. The molecule has 0 aromatic heterocycles. The Hall–Kier alpha value is -3.47. The lowest BCUT2D eigenvalue weighted by molar-refractivity contribution is -0.143. The highest BCUT2D eigenvalue weighted by molar-refractivity contribution is 5.94. The smallest absolute Gasteiger partial charge is 0.326 e. The van der Waals surface area contributed by atoms with E-state index in [0.717, 1.165) is 5.56 Å². The van der Waals surface area contributed by atoms with Crippen molar-refractivity contribution < 1.29 is 29.1 Å². The molecule has 11 heteroatoms. The molecule has 1 rings (SSSR count). The zero-order chi connectivity index (χ0) is 28.1. The molecule has 0 saturated heterocycles. The topological polar surface area (TPSA) is 194 Å². The van der Waals surface area contributed by atoms with Gasteiger partial charge in [0.2, 0.25) is 23.6 Å². The highest BCUT2D eigenvalue weighted by Crippen LogP contribution is 2.11. The van der Waals surface area contributed by atoms with Crippen LogP contribution in [0.25, 0.3) is 0 Å². The number of carbonyl (C=O) groups is 5. The standard InChI is InChI=1S/C26H41N5O6/c1-5-16(4)22(26(36)37)31-25(35)20(14-17-9-7-6-8-10-17)30-24(34)19(11-12-21(28)32)29-23(33)18(27)13-15(2)3/h6-10,15-16,18-20,22H,5,11-14,27H2,1-4H3,(H2,28,32)(H,29,33)(H,30,34)(H,31,35)(H,36,37). The average Bonchev–Trinajstić information content (AvgIpc) is 2.83. The molecule has 5 unspecified atom stereocenters. The minimum absolute atomic E-state index is 0.0780. The minimum Gasteiger partial charge on any atom is -0.480 e. The van der Waals surface area contributed by atoms with Gasteiger partial charge in [-0.3, -0.25) is 19.2 Å². The second-order valence-corrected chi connectivity index (χ2v) is 9.76. The van der Waals surface area contributed by atoms with Crippen molar-refractivity contribution in [1.82, 2.24) is 16.0 Å². The van der Waals surface area contributed by atoms with Crippen molar-refractivity contribution in [3.05, 3.63) is 35.9 Å². The van der Waals surface area contributed by atoms with Crippen LogP contribution in [0.5, 0.6) is 0 Å². The van der Waals surface area contributed by atoms with Crippen molar-refractivity contribution >= 4 is 29.6 Å². The molecule has 4 amide bonds. The van der Waals surface area contributed by atoms with Gasteiger partial charge in [-0.25, -0.2) is 4.79 Å². The van der Waals surface area contributed by atoms with Crippen LogP contribution in [-0.2, 0) is 30.4 Å². The minimum atomic E-state index is -1.18. The van der Waals surface area contributed by atoms with Crippen LogP contribution in [0.3, 0.4) is 0 Å². The number of carbonyl (C=O) groups excluding carboxylic acids is 4. The molecule has 5 atom stereocenters. The van der Waals surface area contributed by atoms with E-state index in [0.29, 0.717) is 12.8 Å². The van der Waals surface area contributed by atoms with Gasteiger partial charge < -0.3 is 32.5 Å². The lowest BCUT2D eigenvalue weighted by Crippen LogP contribution is -2.58. The Bertz CT molecular complexity index is 923. The van der Waals surface area contributed by atoms with E-state index >= 15 is 0 Å². The molecule has 1 aromatic rings. The summed E-state index contributed by atoms with van der Waals surface area (Å²) >= 11 is 0. The molecule has 0 aliphatic heterocycles. The number of carboxylic acid groups (broad SMARTS) is 1. The molecule has 8 N–H and O–H groups in total. The zero-order valence-corrected chi connectivity index (χ0v) is 22.0. The molecule has 37 heavy (non-hydrogen) atoms. The molecule has 1 aromatic carbocycles. The number of amides is 4. The van der Waals surface area contributed by atoms with Crippen LogP contribution in [0.1, 0.15) is 58.9 Å². The summed E-state index contributed by atoms with van der Waals surface area (Å²) in [4.78, 5) is 62.2. The Labute approximate surface area is 218 Å². The van der Waals surface area contributed by atoms with Crippen molar-refractivity contribution in [2.45, 2.75) is 84.0 Å². The average molecular weight is 520 g/mol. The zero-order valence-electron chi connectivity index (χ0n) is 22.0. The number of benzene rings is 1. The van der Waals surface area contributed by atoms with Gasteiger partial charge in [-0.1, -0.05) is 64.4 Å². The molecule has 0 bridgehead atoms. The van der Waals surface area contributed by atoms with E-state index < -0.39 is 53.8 Å². The first-order valence-electron chi connectivity index (χ1n) is 12.6. The highest BCUT2D eigenvalue weighted by Gasteiger charge is 2.32. The van der Waals surface area contributed by atoms with E-state index in [-0.39, 0.29) is 31.1 Å². The summed E-state index contributed by atoms with van der Waals surface area (Å²) in [5.41, 5.74) is 11.9. The maximum absolute atomic E-state index is 13.2. The summed E-state index contributed by atoms with van der Waals surface area (Å²) in [5.74, 6) is -4.00. The fraction of sp³-hybridized carbons (Fsp3) is 0.577. The van der Waals surface area contributed by atoms with E-state index in [9.17, 15) is 29.1 Å². The maximum Gasteiger partial charge on any atom is 0.326 e. The van der Waals surface area contributed by atoms with Crippen molar-refractivity contribution in [3.8, 4) is 0 Å². The number of aliphatic carboxylic acids is 1. The second-order valence-electron chi connectivity index (χ2n) is 9.76. The lowest BCUT2D eigenvalue weighted by atomic mass is 9.98. The first-order valence-corrected chi connectivity index (χ1v) is 12.6. The van der Waals surface area contributed by atoms with Crippen molar-refractivity contribution in [2.75, 3.05) is 0 Å². The third-order valence-corrected chi connectivity index (χ3v) is 6.07. The van der Waals surface area contributed by atoms with Crippen LogP contribution in [0, 0.1) is 11.8 Å². The van der Waals surface area contributed by atoms with Gasteiger partial charge in [0.1, 0.15) is 18.1 Å². The highest BCUT2D eigenvalue weighted by atomic mass is 16.4. The molecule has 0 radical (unpaired) electrons. The van der Waals surface area contributed by atoms with Gasteiger partial charge in [-0.05, 0) is 30.2 Å². The van der Waals surface area contributed by atoms with Gasteiger partial charge in [0.05, 0.1) is 6.04 Å². The van der Waals surface area contributed by atoms with Gasteiger partial charge >= 0.3 is 5.97 Å². The van der Waals surface area contributed by atoms with Gasteiger partial charge in [0.25, 0.3) is 0 Å². The molecule has 0 aliphatic rings. The van der Waals surface area contributed by atoms with Crippen molar-refractivity contribution in [3.63, 3.8) is 0 Å². The summed E-state index contributed by atoms with van der Waals surface area (Å²) in [5, 5.41) is 17.3. The fourth-order valence-corrected chi connectivity index (χ4v) is 3.72. The van der Waals surface area contributed by atoms with Gasteiger partial charge in [-0.15, -0.1) is 0 Å². The van der Waals surface area contributed by atoms with E-state index in [1.807, 2.05) is 20.8 Å². The van der Waals surface area contributed by atoms with Crippen LogP contribution in [0.2, 0.25) is 0 Å². The predicted molar refractivity (Wildman–Crippen MR) is 139 cm³/mol. The molecule has 0 fully saturated rings. The van der Waals surface area contributed by atoms with Crippen LogP contribution in [-0.4, -0.2) is 58.9 Å². The number of nitrogens with two attached hydrogens (primary N) is 2. The molecule has 0 saturated carbocycles. The maximum atomic E-state index is 13.2. The van der Waals surface area contributed by atoms with Crippen molar-refractivity contribution in [1.29, 1.82) is 0 Å². The predicted octanol–water partition coefficient (Wildman–Crippen LogP) is 0.453. The number of primary amides is 1. The van der Waals surface area contributed by atoms with Crippen LogP contribution in [0.4, 0.5) is 0 Å². The van der Waals surface area contributed by atoms with Crippen molar-refractivity contribution in [2.24, 2.45) is 23.3 Å². The van der Waals surface area contributed by atoms with E-state index in [2.05, 4.69) is 16.0 Å². The van der Waals surface area contributed by atoms with Crippen LogP contribution < -0.4 is 27.4 Å². The summed E-state index contributed by atoms with van der Waals surface area (Å²) in [7, 11) is 0. The number of hydrogen-bond donors (Lipinski definition) is 6. The number of hydrogen-bond acceptors (Lipinski definition) is 6. The van der Waals surface area contributed by atoms with E-state index in [1.165, 1.54) is 0 Å². The van der Waals surface area contributed by atoms with E-state index in [4.69, 9.17) is 11.5 Å². The monoisotopic (exact) mass is 519 g/mol. The quantitative estimate of drug-likeness (QED) is 0.182. The molecule has 11 nitrogen and oxygen atoms in total. The van der Waals surface area contributed by atoms with E-state index in [1.54, 1.807) is 37.3 Å². The molecule has 206 valence electrons. The molecule has 0 aliphatic carbocycles. The Morgan fingerprint density at radius 3 is 1.97 bits per heavy atom. The first kappa shape index (κ1) is 31.6. The fourth-order valence-electron chi connectivity index (χ4n) is 3.72.